The van der Waals surface area contributed by atoms with Gasteiger partial charge in [0.1, 0.15) is 6.26 Å². The Labute approximate surface area is 135 Å². The molecule has 4 heteroatoms. The Morgan fingerprint density at radius 3 is 2.13 bits per heavy atom. The third-order valence-electron chi connectivity index (χ3n) is 3.51. The van der Waals surface area contributed by atoms with Crippen LogP contribution in [0.15, 0.2) is 77.6 Å². The lowest BCUT2D eigenvalue weighted by molar-refractivity contribution is -0.130. The van der Waals surface area contributed by atoms with Crippen LogP contribution >= 0.6 is 0 Å². The molecule has 1 heterocycles. The van der Waals surface area contributed by atoms with Gasteiger partial charge in [0, 0.05) is 0 Å². The third-order valence-corrected chi connectivity index (χ3v) is 3.51. The van der Waals surface area contributed by atoms with Crippen molar-refractivity contribution in [3.05, 3.63) is 83.7 Å². The van der Waals surface area contributed by atoms with Gasteiger partial charge in [0.05, 0.1) is 12.5 Å². The lowest BCUT2D eigenvalue weighted by atomic mass is 9.91. The van der Waals surface area contributed by atoms with Gasteiger partial charge in [-0.15, -0.1) is 0 Å². The number of hydrogen-bond donors (Lipinski definition) is 0. The van der Waals surface area contributed by atoms with Crippen LogP contribution in [0.2, 0.25) is 0 Å². The van der Waals surface area contributed by atoms with Crippen LogP contribution in [0.25, 0.3) is 0 Å². The fourth-order valence-corrected chi connectivity index (χ4v) is 2.46. The van der Waals surface area contributed by atoms with Crippen molar-refractivity contribution in [2.45, 2.75) is 12.8 Å². The Hall–Kier alpha value is -2.88. The SMILES string of the molecule is CCO/C=C1/N=C(C(c2ccccc2)c2ccccc2)OC1=O. The maximum Gasteiger partial charge on any atom is 0.366 e. The van der Waals surface area contributed by atoms with E-state index in [9.17, 15) is 4.79 Å². The van der Waals surface area contributed by atoms with Gasteiger partial charge in [0.15, 0.2) is 5.70 Å². The van der Waals surface area contributed by atoms with Crippen LogP contribution in [0.4, 0.5) is 0 Å². The van der Waals surface area contributed by atoms with Crippen LogP contribution in [-0.2, 0) is 14.3 Å². The third kappa shape index (κ3) is 3.31. The molecule has 2 aromatic rings. The first-order valence-electron chi connectivity index (χ1n) is 7.52. The maximum absolute atomic E-state index is 12.0. The van der Waals surface area contributed by atoms with E-state index in [1.54, 1.807) is 0 Å². The lowest BCUT2D eigenvalue weighted by Gasteiger charge is -2.16. The van der Waals surface area contributed by atoms with Crippen molar-refractivity contribution in [2.24, 2.45) is 4.99 Å². The van der Waals surface area contributed by atoms with E-state index in [-0.39, 0.29) is 11.6 Å². The van der Waals surface area contributed by atoms with Gasteiger partial charge in [-0.2, -0.15) is 0 Å². The number of ether oxygens (including phenoxy) is 2. The Kier molecular flexibility index (Phi) is 4.52. The predicted octanol–water partition coefficient (Wildman–Crippen LogP) is 3.65. The molecule has 0 saturated heterocycles. The van der Waals surface area contributed by atoms with Crippen LogP contribution in [-0.4, -0.2) is 18.5 Å². The molecule has 1 aliphatic heterocycles. The number of cyclic esters (lactones) is 1. The smallest absolute Gasteiger partial charge is 0.366 e. The highest BCUT2D eigenvalue weighted by Crippen LogP contribution is 2.30. The number of esters is 1. The highest BCUT2D eigenvalue weighted by atomic mass is 16.6. The van der Waals surface area contributed by atoms with Gasteiger partial charge in [-0.1, -0.05) is 60.7 Å². The molecule has 0 atom stereocenters. The van der Waals surface area contributed by atoms with Crippen molar-refractivity contribution in [1.82, 2.24) is 0 Å². The van der Waals surface area contributed by atoms with E-state index >= 15 is 0 Å². The average molecular weight is 307 g/mol. The average Bonchev–Trinajstić information content (AvgIpc) is 2.95. The van der Waals surface area contributed by atoms with E-state index in [4.69, 9.17) is 9.47 Å². The molecule has 23 heavy (non-hydrogen) atoms. The Morgan fingerprint density at radius 2 is 1.61 bits per heavy atom. The first kappa shape index (κ1) is 15.0. The van der Waals surface area contributed by atoms with Crippen LogP contribution in [0, 0.1) is 0 Å². The van der Waals surface area contributed by atoms with Crippen LogP contribution in [0.1, 0.15) is 24.0 Å². The second kappa shape index (κ2) is 6.92. The minimum atomic E-state index is -0.481. The first-order valence-corrected chi connectivity index (χ1v) is 7.52. The minimum Gasteiger partial charge on any atom is -0.499 e. The summed E-state index contributed by atoms with van der Waals surface area (Å²) in [6.45, 7) is 2.32. The molecular formula is C19H17NO3. The summed E-state index contributed by atoms with van der Waals surface area (Å²) in [6, 6.07) is 19.7. The molecular weight excluding hydrogens is 290 g/mol. The summed E-state index contributed by atoms with van der Waals surface area (Å²) in [5.74, 6) is -0.336. The van der Waals surface area contributed by atoms with E-state index < -0.39 is 5.97 Å². The van der Waals surface area contributed by atoms with Crippen LogP contribution < -0.4 is 0 Å². The second-order valence-electron chi connectivity index (χ2n) is 5.05. The maximum atomic E-state index is 12.0. The fourth-order valence-electron chi connectivity index (χ4n) is 2.46. The van der Waals surface area contributed by atoms with E-state index in [0.717, 1.165) is 11.1 Å². The molecule has 2 aromatic carbocycles. The van der Waals surface area contributed by atoms with E-state index in [1.807, 2.05) is 67.6 Å². The molecule has 0 saturated carbocycles. The standard InChI is InChI=1S/C19H17NO3/c1-2-22-13-16-19(21)23-18(20-16)17(14-9-5-3-6-10-14)15-11-7-4-8-12-15/h3-13,17H,2H2,1H3/b16-13+. The number of carbonyl (C=O) groups is 1. The molecule has 0 radical (unpaired) electrons. The highest BCUT2D eigenvalue weighted by Gasteiger charge is 2.31. The molecule has 0 bridgehead atoms. The van der Waals surface area contributed by atoms with Gasteiger partial charge < -0.3 is 9.47 Å². The molecule has 0 aliphatic carbocycles. The summed E-state index contributed by atoms with van der Waals surface area (Å²) in [7, 11) is 0. The topological polar surface area (TPSA) is 47.9 Å². The van der Waals surface area contributed by atoms with E-state index in [0.29, 0.717) is 12.5 Å². The van der Waals surface area contributed by atoms with Gasteiger partial charge in [-0.3, -0.25) is 0 Å². The molecule has 0 fully saturated rings. The van der Waals surface area contributed by atoms with Crippen molar-refractivity contribution >= 4 is 11.9 Å². The van der Waals surface area contributed by atoms with Gasteiger partial charge in [0.2, 0.25) is 5.90 Å². The largest absolute Gasteiger partial charge is 0.499 e. The molecule has 0 spiro atoms. The lowest BCUT2D eigenvalue weighted by Crippen LogP contribution is -2.16. The first-order chi connectivity index (χ1) is 11.3. The van der Waals surface area contributed by atoms with Crippen LogP contribution in [0.5, 0.6) is 0 Å². The summed E-state index contributed by atoms with van der Waals surface area (Å²) in [5, 5.41) is 0. The Morgan fingerprint density at radius 1 is 1.04 bits per heavy atom. The monoisotopic (exact) mass is 307 g/mol. The zero-order valence-electron chi connectivity index (χ0n) is 12.8. The number of rotatable bonds is 5. The number of carbonyl (C=O) groups excluding carboxylic acids is 1. The van der Waals surface area contributed by atoms with Crippen molar-refractivity contribution in [1.29, 1.82) is 0 Å². The van der Waals surface area contributed by atoms with Crippen LogP contribution in [0.3, 0.4) is 0 Å². The second-order valence-corrected chi connectivity index (χ2v) is 5.05. The van der Waals surface area contributed by atoms with Crippen molar-refractivity contribution in [3.8, 4) is 0 Å². The molecule has 0 aromatic heterocycles. The summed E-state index contributed by atoms with van der Waals surface area (Å²) in [5.41, 5.74) is 2.23. The van der Waals surface area contributed by atoms with Gasteiger partial charge in [0.25, 0.3) is 0 Å². The molecule has 3 rings (SSSR count). The van der Waals surface area contributed by atoms with Gasteiger partial charge in [-0.05, 0) is 18.1 Å². The van der Waals surface area contributed by atoms with Gasteiger partial charge >= 0.3 is 5.97 Å². The molecule has 0 N–H and O–H groups in total. The van der Waals surface area contributed by atoms with Crippen molar-refractivity contribution in [2.75, 3.05) is 6.61 Å². The van der Waals surface area contributed by atoms with Crippen molar-refractivity contribution < 1.29 is 14.3 Å². The quantitative estimate of drug-likeness (QED) is 0.481. The summed E-state index contributed by atoms with van der Waals surface area (Å²) < 4.78 is 10.6. The summed E-state index contributed by atoms with van der Waals surface area (Å²) >= 11 is 0. The fraction of sp³-hybridized carbons (Fsp3) is 0.158. The Balaban J connectivity index is 2.02. The number of aliphatic imine (C=N–C) groups is 1. The molecule has 1 aliphatic rings. The minimum absolute atomic E-state index is 0.193. The van der Waals surface area contributed by atoms with E-state index in [1.165, 1.54) is 6.26 Å². The number of hydrogen-bond acceptors (Lipinski definition) is 4. The summed E-state index contributed by atoms with van der Waals surface area (Å²) in [4.78, 5) is 16.3. The molecule has 4 nitrogen and oxygen atoms in total. The summed E-state index contributed by atoms with van der Waals surface area (Å²) in [6.07, 6.45) is 1.35. The zero-order chi connectivity index (χ0) is 16.1. The molecule has 116 valence electrons. The normalized spacial score (nSPS) is 15.7. The van der Waals surface area contributed by atoms with E-state index in [2.05, 4.69) is 4.99 Å². The van der Waals surface area contributed by atoms with Crippen molar-refractivity contribution in [3.63, 3.8) is 0 Å². The van der Waals surface area contributed by atoms with Gasteiger partial charge in [-0.25, -0.2) is 9.79 Å². The predicted molar refractivity (Wildman–Crippen MR) is 88.0 cm³/mol. The zero-order valence-corrected chi connectivity index (χ0v) is 12.8. The molecule has 0 amide bonds. The number of benzene rings is 2. The Bertz CT molecular complexity index is 696. The highest BCUT2D eigenvalue weighted by molar-refractivity contribution is 6.07. The number of nitrogens with zero attached hydrogens (tertiary/aromatic N) is 1. The molecule has 0 unspecified atom stereocenters.